The largest absolute Gasteiger partial charge is 0.508 e. The summed E-state index contributed by atoms with van der Waals surface area (Å²) in [6.45, 7) is 6.57. The van der Waals surface area contributed by atoms with Crippen LogP contribution in [0.2, 0.25) is 0 Å². The van der Waals surface area contributed by atoms with E-state index in [1.807, 2.05) is 0 Å². The summed E-state index contributed by atoms with van der Waals surface area (Å²) in [7, 11) is 0. The third kappa shape index (κ3) is 4.02. The SMILES string of the molecule is CCN(CC)Cc1cc(NC(=O)c2ccncn2)ccc1O. The van der Waals surface area contributed by atoms with Crippen molar-refractivity contribution in [3.63, 3.8) is 0 Å². The highest BCUT2D eigenvalue weighted by Gasteiger charge is 2.10. The van der Waals surface area contributed by atoms with Gasteiger partial charge >= 0.3 is 0 Å². The Morgan fingerprint density at radius 3 is 2.68 bits per heavy atom. The van der Waals surface area contributed by atoms with E-state index in [1.165, 1.54) is 12.5 Å². The summed E-state index contributed by atoms with van der Waals surface area (Å²) < 4.78 is 0. The minimum atomic E-state index is -0.304. The predicted molar refractivity (Wildman–Crippen MR) is 84.7 cm³/mol. The topological polar surface area (TPSA) is 78.4 Å². The Balaban J connectivity index is 2.14. The van der Waals surface area contributed by atoms with Crippen molar-refractivity contribution in [3.05, 3.63) is 48.0 Å². The molecule has 1 aromatic carbocycles. The molecule has 0 aliphatic rings. The highest BCUT2D eigenvalue weighted by molar-refractivity contribution is 6.02. The molecule has 6 heteroatoms. The molecule has 2 rings (SSSR count). The van der Waals surface area contributed by atoms with Crippen LogP contribution in [-0.2, 0) is 6.54 Å². The van der Waals surface area contributed by atoms with Crippen LogP contribution in [-0.4, -0.2) is 39.0 Å². The molecule has 1 heterocycles. The van der Waals surface area contributed by atoms with Gasteiger partial charge in [0.05, 0.1) is 0 Å². The van der Waals surface area contributed by atoms with Crippen molar-refractivity contribution in [3.8, 4) is 5.75 Å². The number of carbonyl (C=O) groups excluding carboxylic acids is 1. The van der Waals surface area contributed by atoms with E-state index in [1.54, 1.807) is 24.3 Å². The van der Waals surface area contributed by atoms with Crippen molar-refractivity contribution in [1.82, 2.24) is 14.9 Å². The van der Waals surface area contributed by atoms with Crippen LogP contribution in [0.4, 0.5) is 5.69 Å². The fraction of sp³-hybridized carbons (Fsp3) is 0.312. The molecule has 22 heavy (non-hydrogen) atoms. The molecule has 0 aliphatic carbocycles. The first-order valence-electron chi connectivity index (χ1n) is 7.25. The number of aromatic nitrogens is 2. The maximum atomic E-state index is 12.1. The molecule has 0 aliphatic heterocycles. The maximum absolute atomic E-state index is 12.1. The standard InChI is InChI=1S/C16H20N4O2/c1-3-20(4-2)10-12-9-13(5-6-15(12)21)19-16(22)14-7-8-17-11-18-14/h5-9,11,21H,3-4,10H2,1-2H3,(H,19,22). The van der Waals surface area contributed by atoms with E-state index in [2.05, 4.69) is 34.0 Å². The van der Waals surface area contributed by atoms with Crippen LogP contribution in [0.5, 0.6) is 5.75 Å². The Labute approximate surface area is 129 Å². The number of amides is 1. The fourth-order valence-corrected chi connectivity index (χ4v) is 2.10. The molecule has 0 fully saturated rings. The van der Waals surface area contributed by atoms with Crippen molar-refractivity contribution >= 4 is 11.6 Å². The van der Waals surface area contributed by atoms with Crippen LogP contribution < -0.4 is 5.32 Å². The smallest absolute Gasteiger partial charge is 0.274 e. The van der Waals surface area contributed by atoms with Gasteiger partial charge in [0.15, 0.2) is 0 Å². The Morgan fingerprint density at radius 1 is 1.27 bits per heavy atom. The van der Waals surface area contributed by atoms with Gasteiger partial charge < -0.3 is 10.4 Å². The van der Waals surface area contributed by atoms with E-state index >= 15 is 0 Å². The summed E-state index contributed by atoms with van der Waals surface area (Å²) in [6.07, 6.45) is 2.85. The van der Waals surface area contributed by atoms with Crippen LogP contribution in [0.25, 0.3) is 0 Å². The number of nitrogens with zero attached hydrogens (tertiary/aromatic N) is 3. The Morgan fingerprint density at radius 2 is 2.05 bits per heavy atom. The Kier molecular flexibility index (Phi) is 5.43. The number of hydrogen-bond donors (Lipinski definition) is 2. The molecule has 0 unspecified atom stereocenters. The lowest BCUT2D eigenvalue weighted by Crippen LogP contribution is -2.22. The molecule has 0 radical (unpaired) electrons. The molecule has 0 atom stereocenters. The average Bonchev–Trinajstić information content (AvgIpc) is 2.56. The lowest BCUT2D eigenvalue weighted by molar-refractivity contribution is 0.102. The summed E-state index contributed by atoms with van der Waals surface area (Å²) in [4.78, 5) is 21.9. The van der Waals surface area contributed by atoms with E-state index < -0.39 is 0 Å². The van der Waals surface area contributed by atoms with Crippen molar-refractivity contribution in [2.24, 2.45) is 0 Å². The summed E-state index contributed by atoms with van der Waals surface area (Å²) in [6, 6.07) is 6.59. The Hall–Kier alpha value is -2.47. The van der Waals surface area contributed by atoms with Gasteiger partial charge in [-0.15, -0.1) is 0 Å². The molecule has 6 nitrogen and oxygen atoms in total. The van der Waals surface area contributed by atoms with Crippen molar-refractivity contribution in [2.75, 3.05) is 18.4 Å². The second-order valence-corrected chi connectivity index (χ2v) is 4.85. The molecule has 2 aromatic rings. The van der Waals surface area contributed by atoms with Crippen molar-refractivity contribution in [2.45, 2.75) is 20.4 Å². The number of phenols is 1. The van der Waals surface area contributed by atoms with Gasteiger partial charge in [0.2, 0.25) is 0 Å². The van der Waals surface area contributed by atoms with Crippen molar-refractivity contribution in [1.29, 1.82) is 0 Å². The number of rotatable bonds is 6. The number of carbonyl (C=O) groups is 1. The first kappa shape index (κ1) is 15.9. The van der Waals surface area contributed by atoms with Crippen LogP contribution in [0.1, 0.15) is 29.9 Å². The zero-order valence-corrected chi connectivity index (χ0v) is 12.8. The van der Waals surface area contributed by atoms with Crippen LogP contribution in [0.3, 0.4) is 0 Å². The van der Waals surface area contributed by atoms with Gasteiger partial charge in [-0.2, -0.15) is 0 Å². The molecule has 116 valence electrons. The normalized spacial score (nSPS) is 10.7. The van der Waals surface area contributed by atoms with Crippen LogP contribution in [0.15, 0.2) is 36.8 Å². The minimum absolute atomic E-state index is 0.229. The van der Waals surface area contributed by atoms with Gasteiger partial charge in [0, 0.05) is 24.0 Å². The van der Waals surface area contributed by atoms with E-state index in [9.17, 15) is 9.90 Å². The number of aromatic hydroxyl groups is 1. The maximum Gasteiger partial charge on any atom is 0.274 e. The third-order valence-electron chi connectivity index (χ3n) is 3.44. The monoisotopic (exact) mass is 300 g/mol. The van der Waals surface area contributed by atoms with Crippen LogP contribution in [0, 0.1) is 0 Å². The highest BCUT2D eigenvalue weighted by Crippen LogP contribution is 2.23. The highest BCUT2D eigenvalue weighted by atomic mass is 16.3. The molecular weight excluding hydrogens is 280 g/mol. The second-order valence-electron chi connectivity index (χ2n) is 4.85. The van der Waals surface area contributed by atoms with E-state index in [4.69, 9.17) is 0 Å². The van der Waals surface area contributed by atoms with E-state index in [-0.39, 0.29) is 11.7 Å². The first-order valence-corrected chi connectivity index (χ1v) is 7.25. The number of nitrogens with one attached hydrogen (secondary N) is 1. The zero-order chi connectivity index (χ0) is 15.9. The molecule has 0 saturated heterocycles. The zero-order valence-electron chi connectivity index (χ0n) is 12.8. The summed E-state index contributed by atoms with van der Waals surface area (Å²) >= 11 is 0. The summed E-state index contributed by atoms with van der Waals surface area (Å²) in [5.74, 6) is -0.0752. The molecular formula is C16H20N4O2. The third-order valence-corrected chi connectivity index (χ3v) is 3.44. The van der Waals surface area contributed by atoms with Gasteiger partial charge in [-0.3, -0.25) is 9.69 Å². The van der Waals surface area contributed by atoms with Gasteiger partial charge in [0.25, 0.3) is 5.91 Å². The second kappa shape index (κ2) is 7.51. The molecule has 0 saturated carbocycles. The number of hydrogen-bond acceptors (Lipinski definition) is 5. The van der Waals surface area contributed by atoms with Gasteiger partial charge in [0.1, 0.15) is 17.8 Å². The molecule has 0 bridgehead atoms. The lowest BCUT2D eigenvalue weighted by atomic mass is 10.1. The minimum Gasteiger partial charge on any atom is -0.508 e. The quantitative estimate of drug-likeness (QED) is 0.800. The van der Waals surface area contributed by atoms with Gasteiger partial charge in [-0.25, -0.2) is 9.97 Å². The first-order chi connectivity index (χ1) is 10.6. The van der Waals surface area contributed by atoms with E-state index in [0.717, 1.165) is 18.7 Å². The van der Waals surface area contributed by atoms with Crippen LogP contribution >= 0.6 is 0 Å². The number of phenolic OH excluding ortho intramolecular Hbond substituents is 1. The average molecular weight is 300 g/mol. The van der Waals surface area contributed by atoms with Gasteiger partial charge in [-0.1, -0.05) is 13.8 Å². The molecule has 1 amide bonds. The Bertz CT molecular complexity index is 627. The number of benzene rings is 1. The fourth-order valence-electron chi connectivity index (χ4n) is 2.10. The summed E-state index contributed by atoms with van der Waals surface area (Å²) in [5, 5.41) is 12.7. The molecule has 2 N–H and O–H groups in total. The lowest BCUT2D eigenvalue weighted by Gasteiger charge is -2.19. The summed E-state index contributed by atoms with van der Waals surface area (Å²) in [5.41, 5.74) is 1.71. The molecule has 1 aromatic heterocycles. The van der Waals surface area contributed by atoms with E-state index in [0.29, 0.717) is 17.9 Å². The van der Waals surface area contributed by atoms with Gasteiger partial charge in [-0.05, 0) is 37.4 Å². The van der Waals surface area contributed by atoms with Crippen molar-refractivity contribution < 1.29 is 9.90 Å². The molecule has 0 spiro atoms. The predicted octanol–water partition coefficient (Wildman–Crippen LogP) is 2.28. The number of anilines is 1.